The van der Waals surface area contributed by atoms with Crippen LogP contribution in [0.15, 0.2) is 72.1 Å². The number of rotatable bonds is 2. The summed E-state index contributed by atoms with van der Waals surface area (Å²) in [6.07, 6.45) is 4.33. The summed E-state index contributed by atoms with van der Waals surface area (Å²) in [4.78, 5) is 16.4. The van der Waals surface area contributed by atoms with E-state index in [1.807, 2.05) is 0 Å². The molecule has 7 nitrogen and oxygen atoms in total. The van der Waals surface area contributed by atoms with Gasteiger partial charge in [0, 0.05) is 40.7 Å². The minimum Gasteiger partial charge on any atom is -0.462 e. The van der Waals surface area contributed by atoms with Crippen molar-refractivity contribution in [3.8, 4) is 33.9 Å². The molecule has 2 aliphatic rings. The first kappa shape index (κ1) is 19.3. The molecule has 0 aliphatic carbocycles. The SMILES string of the molecule is NC1=N[C@@]2(CO1)c1cc(-c3cccnc3F)ccc1Oc1cnc(-c3ccnc(F)c3)cc12. The van der Waals surface area contributed by atoms with Gasteiger partial charge in [-0.2, -0.15) is 8.78 Å². The molecule has 5 heterocycles. The molecule has 0 saturated heterocycles. The molecule has 4 aromatic rings. The van der Waals surface area contributed by atoms with Crippen LogP contribution in [0.4, 0.5) is 8.78 Å². The zero-order valence-corrected chi connectivity index (χ0v) is 17.0. The van der Waals surface area contributed by atoms with Crippen LogP contribution in [0.3, 0.4) is 0 Å². The molecule has 0 fully saturated rings. The molecule has 2 aliphatic heterocycles. The number of pyridine rings is 3. The van der Waals surface area contributed by atoms with Crippen molar-refractivity contribution in [3.05, 3.63) is 90.1 Å². The lowest BCUT2D eigenvalue weighted by Crippen LogP contribution is -2.31. The quantitative estimate of drug-likeness (QED) is 0.467. The van der Waals surface area contributed by atoms with Gasteiger partial charge in [0.15, 0.2) is 11.3 Å². The molecule has 2 N–H and O–H groups in total. The molecule has 9 heteroatoms. The molecule has 0 bridgehead atoms. The van der Waals surface area contributed by atoms with E-state index in [4.69, 9.17) is 15.2 Å². The highest BCUT2D eigenvalue weighted by Gasteiger charge is 2.47. The number of halogens is 2. The number of aliphatic imine (C=N–C) groups is 1. The van der Waals surface area contributed by atoms with Gasteiger partial charge in [-0.1, -0.05) is 6.07 Å². The van der Waals surface area contributed by atoms with Gasteiger partial charge >= 0.3 is 0 Å². The number of nitrogens with two attached hydrogens (primary N) is 1. The van der Waals surface area contributed by atoms with Crippen molar-refractivity contribution in [3.63, 3.8) is 0 Å². The zero-order chi connectivity index (χ0) is 22.6. The molecule has 162 valence electrons. The van der Waals surface area contributed by atoms with Gasteiger partial charge in [0.05, 0.1) is 11.9 Å². The van der Waals surface area contributed by atoms with Crippen LogP contribution in [-0.2, 0) is 10.3 Å². The summed E-state index contributed by atoms with van der Waals surface area (Å²) in [5.41, 5.74) is 8.23. The van der Waals surface area contributed by atoms with Gasteiger partial charge in [0.1, 0.15) is 12.4 Å². The zero-order valence-electron chi connectivity index (χ0n) is 17.0. The molecule has 0 unspecified atom stereocenters. The highest BCUT2D eigenvalue weighted by atomic mass is 19.1. The topological polar surface area (TPSA) is 95.5 Å². The number of ether oxygens (including phenoxy) is 2. The fourth-order valence-electron chi connectivity index (χ4n) is 4.25. The van der Waals surface area contributed by atoms with Crippen LogP contribution in [0.25, 0.3) is 22.4 Å². The van der Waals surface area contributed by atoms with Crippen LogP contribution < -0.4 is 10.5 Å². The summed E-state index contributed by atoms with van der Waals surface area (Å²) >= 11 is 0. The van der Waals surface area contributed by atoms with Gasteiger partial charge in [0.25, 0.3) is 6.02 Å². The lowest BCUT2D eigenvalue weighted by molar-refractivity contribution is 0.264. The fraction of sp³-hybridized carbons (Fsp3) is 0.0833. The van der Waals surface area contributed by atoms with Gasteiger partial charge < -0.3 is 15.2 Å². The Bertz CT molecular complexity index is 1460. The highest BCUT2D eigenvalue weighted by molar-refractivity contribution is 5.78. The van der Waals surface area contributed by atoms with E-state index in [0.717, 1.165) is 0 Å². The molecule has 0 radical (unpaired) electrons. The summed E-state index contributed by atoms with van der Waals surface area (Å²) in [6.45, 7) is 0.120. The standard InChI is InChI=1S/C24H15F2N5O2/c25-21-9-14(5-7-28-21)18-10-17-20(11-30-18)33-19-4-3-13(15-2-1-6-29-22(15)26)8-16(19)24(17)12-32-23(27)31-24/h1-11H,12H2,(H2,27,31)/t24-/m0/s1. The van der Waals surface area contributed by atoms with E-state index in [0.29, 0.717) is 45.0 Å². The number of fused-ring (bicyclic) bond motifs is 4. The first-order valence-corrected chi connectivity index (χ1v) is 10.1. The Balaban J connectivity index is 1.56. The van der Waals surface area contributed by atoms with E-state index in [2.05, 4.69) is 19.9 Å². The van der Waals surface area contributed by atoms with Crippen molar-refractivity contribution in [1.29, 1.82) is 0 Å². The van der Waals surface area contributed by atoms with Crippen molar-refractivity contribution in [2.75, 3.05) is 6.61 Å². The average Bonchev–Trinajstić information content (AvgIpc) is 3.21. The van der Waals surface area contributed by atoms with Gasteiger partial charge in [0.2, 0.25) is 11.9 Å². The summed E-state index contributed by atoms with van der Waals surface area (Å²) in [5.74, 6) is -0.191. The van der Waals surface area contributed by atoms with Crippen LogP contribution in [0.5, 0.6) is 11.5 Å². The van der Waals surface area contributed by atoms with E-state index in [1.54, 1.807) is 48.7 Å². The number of benzene rings is 1. The number of amidine groups is 1. The molecule has 1 aromatic carbocycles. The van der Waals surface area contributed by atoms with Crippen LogP contribution >= 0.6 is 0 Å². The van der Waals surface area contributed by atoms with Crippen LogP contribution in [-0.4, -0.2) is 27.6 Å². The molecule has 1 atom stereocenters. The van der Waals surface area contributed by atoms with Crippen molar-refractivity contribution < 1.29 is 18.3 Å². The maximum atomic E-state index is 14.4. The average molecular weight is 443 g/mol. The second-order valence-electron chi connectivity index (χ2n) is 7.69. The number of hydrogen-bond donors (Lipinski definition) is 1. The maximum absolute atomic E-state index is 14.4. The molecular formula is C24H15F2N5O2. The Morgan fingerprint density at radius 1 is 0.879 bits per heavy atom. The first-order valence-electron chi connectivity index (χ1n) is 10.1. The summed E-state index contributed by atoms with van der Waals surface area (Å²) < 4.78 is 39.8. The Morgan fingerprint density at radius 2 is 1.76 bits per heavy atom. The molecule has 0 amide bonds. The van der Waals surface area contributed by atoms with Gasteiger partial charge in [-0.15, -0.1) is 0 Å². The minimum absolute atomic E-state index is 0.0279. The lowest BCUT2D eigenvalue weighted by atomic mass is 9.80. The van der Waals surface area contributed by atoms with E-state index in [-0.39, 0.29) is 12.6 Å². The Morgan fingerprint density at radius 3 is 2.55 bits per heavy atom. The third kappa shape index (κ3) is 3.00. The minimum atomic E-state index is -1.04. The third-order valence-electron chi connectivity index (χ3n) is 5.78. The summed E-state index contributed by atoms with van der Waals surface area (Å²) in [6, 6.07) is 13.4. The summed E-state index contributed by atoms with van der Waals surface area (Å²) in [7, 11) is 0. The van der Waals surface area contributed by atoms with Crippen LogP contribution in [0, 0.1) is 11.9 Å². The smallest absolute Gasteiger partial charge is 0.283 e. The molecular weight excluding hydrogens is 428 g/mol. The van der Waals surface area contributed by atoms with Crippen molar-refractivity contribution in [2.45, 2.75) is 5.54 Å². The number of nitrogens with zero attached hydrogens (tertiary/aromatic N) is 4. The third-order valence-corrected chi connectivity index (χ3v) is 5.78. The second-order valence-corrected chi connectivity index (χ2v) is 7.69. The summed E-state index contributed by atoms with van der Waals surface area (Å²) in [5, 5.41) is 0. The molecule has 3 aromatic heterocycles. The van der Waals surface area contributed by atoms with Crippen molar-refractivity contribution >= 4 is 6.02 Å². The Hall–Kier alpha value is -4.40. The maximum Gasteiger partial charge on any atom is 0.283 e. The van der Waals surface area contributed by atoms with E-state index in [1.165, 1.54) is 18.5 Å². The highest BCUT2D eigenvalue weighted by Crippen LogP contribution is 2.52. The largest absolute Gasteiger partial charge is 0.462 e. The first-order chi connectivity index (χ1) is 16.0. The predicted octanol–water partition coefficient (Wildman–Crippen LogP) is 4.18. The predicted molar refractivity (Wildman–Crippen MR) is 115 cm³/mol. The van der Waals surface area contributed by atoms with Crippen molar-refractivity contribution in [2.24, 2.45) is 10.7 Å². The Kier molecular flexibility index (Phi) is 4.13. The fourth-order valence-corrected chi connectivity index (χ4v) is 4.25. The van der Waals surface area contributed by atoms with Gasteiger partial charge in [-0.25, -0.2) is 15.0 Å². The lowest BCUT2D eigenvalue weighted by Gasteiger charge is -2.33. The van der Waals surface area contributed by atoms with E-state index >= 15 is 0 Å². The monoisotopic (exact) mass is 443 g/mol. The number of hydrogen-bond acceptors (Lipinski definition) is 7. The molecule has 6 rings (SSSR count). The normalized spacial score (nSPS) is 18.2. The van der Waals surface area contributed by atoms with Crippen LogP contribution in [0.1, 0.15) is 11.1 Å². The molecule has 1 spiro atoms. The van der Waals surface area contributed by atoms with E-state index < -0.39 is 17.4 Å². The van der Waals surface area contributed by atoms with Gasteiger partial charge in [-0.3, -0.25) is 4.98 Å². The number of aromatic nitrogens is 3. The van der Waals surface area contributed by atoms with Crippen LogP contribution in [0.2, 0.25) is 0 Å². The molecule has 0 saturated carbocycles. The van der Waals surface area contributed by atoms with Gasteiger partial charge in [-0.05, 0) is 42.0 Å². The van der Waals surface area contributed by atoms with E-state index in [9.17, 15) is 8.78 Å². The Labute approximate surface area is 186 Å². The second kappa shape index (κ2) is 7.06. The molecule has 33 heavy (non-hydrogen) atoms. The van der Waals surface area contributed by atoms with Crippen molar-refractivity contribution in [1.82, 2.24) is 15.0 Å².